The van der Waals surface area contributed by atoms with E-state index in [0.717, 1.165) is 34.3 Å². The van der Waals surface area contributed by atoms with Crippen LogP contribution in [0.25, 0.3) is 0 Å². The molecule has 136 valence electrons. The Kier molecular flexibility index (Phi) is 7.02. The van der Waals surface area contributed by atoms with Crippen LogP contribution < -0.4 is 5.32 Å². The molecule has 0 fully saturated rings. The Balaban J connectivity index is 1.91. The van der Waals surface area contributed by atoms with Crippen molar-refractivity contribution in [3.8, 4) is 0 Å². The molecule has 0 saturated heterocycles. The smallest absolute Gasteiger partial charge is 0.300 e. The number of hydrogen-bond donors (Lipinski definition) is 1. The summed E-state index contributed by atoms with van der Waals surface area (Å²) in [6.07, 6.45) is -3.55. The molecule has 0 aliphatic carbocycles. The standard InChI is InChI=1S/C13H14F3N5OS3/c1-3-4-23-12-21-20-11(25-12)19-9(22)6-24-10-17-7(2)5-8(18-10)13(14,15)16/h5H,3-4,6H2,1-2H3,(H,19,20,22). The number of nitrogens with zero attached hydrogens (tertiary/aromatic N) is 4. The summed E-state index contributed by atoms with van der Waals surface area (Å²) in [5, 5.41) is 10.6. The molecule has 0 radical (unpaired) electrons. The zero-order valence-corrected chi connectivity index (χ0v) is 15.7. The van der Waals surface area contributed by atoms with Crippen LogP contribution in [-0.2, 0) is 11.0 Å². The Hall–Kier alpha value is -1.40. The highest BCUT2D eigenvalue weighted by Crippen LogP contribution is 2.29. The molecule has 2 aromatic heterocycles. The van der Waals surface area contributed by atoms with Gasteiger partial charge in [-0.25, -0.2) is 9.97 Å². The van der Waals surface area contributed by atoms with E-state index >= 15 is 0 Å². The lowest BCUT2D eigenvalue weighted by molar-refractivity contribution is -0.141. The van der Waals surface area contributed by atoms with Gasteiger partial charge in [0, 0.05) is 11.4 Å². The number of nitrogens with one attached hydrogen (secondary N) is 1. The molecule has 2 rings (SSSR count). The van der Waals surface area contributed by atoms with Crippen LogP contribution in [0.15, 0.2) is 15.6 Å². The molecule has 0 saturated carbocycles. The summed E-state index contributed by atoms with van der Waals surface area (Å²) >= 11 is 3.63. The second-order valence-corrected chi connectivity index (χ2v) is 8.00. The zero-order chi connectivity index (χ0) is 18.4. The minimum atomic E-state index is -4.55. The lowest BCUT2D eigenvalue weighted by Crippen LogP contribution is -2.15. The Morgan fingerprint density at radius 1 is 1.28 bits per heavy atom. The van der Waals surface area contributed by atoms with E-state index in [4.69, 9.17) is 0 Å². The Morgan fingerprint density at radius 3 is 2.72 bits per heavy atom. The number of amides is 1. The second-order valence-electron chi connectivity index (χ2n) is 4.73. The molecule has 0 aliphatic heterocycles. The number of hydrogen-bond acceptors (Lipinski definition) is 8. The molecule has 0 unspecified atom stereocenters. The number of carbonyl (C=O) groups is 1. The van der Waals surface area contributed by atoms with E-state index < -0.39 is 17.8 Å². The van der Waals surface area contributed by atoms with Crippen molar-refractivity contribution in [2.24, 2.45) is 0 Å². The highest BCUT2D eigenvalue weighted by atomic mass is 32.2. The molecule has 2 heterocycles. The van der Waals surface area contributed by atoms with Crippen molar-refractivity contribution in [3.63, 3.8) is 0 Å². The molecule has 0 atom stereocenters. The van der Waals surface area contributed by atoms with Crippen LogP contribution in [0.3, 0.4) is 0 Å². The molecule has 1 amide bonds. The van der Waals surface area contributed by atoms with Crippen molar-refractivity contribution in [1.29, 1.82) is 0 Å². The Morgan fingerprint density at radius 2 is 2.04 bits per heavy atom. The number of thioether (sulfide) groups is 2. The van der Waals surface area contributed by atoms with E-state index in [-0.39, 0.29) is 16.6 Å². The van der Waals surface area contributed by atoms with Gasteiger partial charge in [-0.05, 0) is 19.4 Å². The molecule has 2 aromatic rings. The predicted molar refractivity (Wildman–Crippen MR) is 92.0 cm³/mol. The topological polar surface area (TPSA) is 80.7 Å². The molecule has 0 spiro atoms. The fourth-order valence-corrected chi connectivity index (χ4v) is 3.94. The molecular weight excluding hydrogens is 395 g/mol. The van der Waals surface area contributed by atoms with Gasteiger partial charge in [0.05, 0.1) is 5.75 Å². The first-order valence-electron chi connectivity index (χ1n) is 7.09. The summed E-state index contributed by atoms with van der Waals surface area (Å²) in [7, 11) is 0. The first kappa shape index (κ1) is 19.9. The average Bonchev–Trinajstić information content (AvgIpc) is 2.97. The summed E-state index contributed by atoms with van der Waals surface area (Å²) in [6.45, 7) is 3.49. The monoisotopic (exact) mass is 409 g/mol. The SMILES string of the molecule is CCCSc1nnc(NC(=O)CSc2nc(C)cc(C(F)(F)F)n2)s1. The van der Waals surface area contributed by atoms with Gasteiger partial charge in [-0.1, -0.05) is 41.8 Å². The van der Waals surface area contributed by atoms with Crippen LogP contribution >= 0.6 is 34.9 Å². The van der Waals surface area contributed by atoms with E-state index in [2.05, 4.69) is 25.5 Å². The highest BCUT2D eigenvalue weighted by molar-refractivity contribution is 8.01. The summed E-state index contributed by atoms with van der Waals surface area (Å²) in [6, 6.07) is 0.862. The summed E-state index contributed by atoms with van der Waals surface area (Å²) in [4.78, 5) is 19.2. The van der Waals surface area contributed by atoms with Gasteiger partial charge < -0.3 is 0 Å². The zero-order valence-electron chi connectivity index (χ0n) is 13.3. The fraction of sp³-hybridized carbons (Fsp3) is 0.462. The second kappa shape index (κ2) is 8.81. The lowest BCUT2D eigenvalue weighted by atomic mass is 10.3. The van der Waals surface area contributed by atoms with Crippen molar-refractivity contribution >= 4 is 45.9 Å². The lowest BCUT2D eigenvalue weighted by Gasteiger charge is -2.08. The van der Waals surface area contributed by atoms with Crippen molar-refractivity contribution in [2.75, 3.05) is 16.8 Å². The van der Waals surface area contributed by atoms with Crippen molar-refractivity contribution in [3.05, 3.63) is 17.5 Å². The van der Waals surface area contributed by atoms with Crippen LogP contribution in [0.1, 0.15) is 24.7 Å². The van der Waals surface area contributed by atoms with Gasteiger partial charge in [0.1, 0.15) is 5.69 Å². The number of aromatic nitrogens is 4. The highest BCUT2D eigenvalue weighted by Gasteiger charge is 2.33. The fourth-order valence-electron chi connectivity index (χ4n) is 1.54. The van der Waals surface area contributed by atoms with Gasteiger partial charge in [0.25, 0.3) is 0 Å². The first-order chi connectivity index (χ1) is 11.8. The summed E-state index contributed by atoms with van der Waals surface area (Å²) < 4.78 is 38.9. The summed E-state index contributed by atoms with van der Waals surface area (Å²) in [5.74, 6) is 0.370. The quantitative estimate of drug-likeness (QED) is 0.422. The maximum absolute atomic E-state index is 12.7. The molecule has 25 heavy (non-hydrogen) atoms. The minimum Gasteiger partial charge on any atom is -0.300 e. The van der Waals surface area contributed by atoms with Gasteiger partial charge in [0.15, 0.2) is 9.50 Å². The summed E-state index contributed by atoms with van der Waals surface area (Å²) in [5.41, 5.74) is -0.837. The van der Waals surface area contributed by atoms with E-state index in [1.54, 1.807) is 11.8 Å². The Bertz CT molecular complexity index is 738. The molecular formula is C13H14F3N5OS3. The third-order valence-electron chi connectivity index (χ3n) is 2.54. The average molecular weight is 409 g/mol. The molecule has 0 aliphatic rings. The number of carbonyl (C=O) groups excluding carboxylic acids is 1. The van der Waals surface area contributed by atoms with E-state index in [1.165, 1.54) is 18.3 Å². The molecule has 6 nitrogen and oxygen atoms in total. The predicted octanol–water partition coefficient (Wildman–Crippen LogP) is 3.89. The number of halogens is 3. The van der Waals surface area contributed by atoms with Crippen LogP contribution in [0.2, 0.25) is 0 Å². The molecule has 12 heteroatoms. The number of aryl methyl sites for hydroxylation is 1. The molecule has 0 bridgehead atoms. The van der Waals surface area contributed by atoms with Gasteiger partial charge in [-0.3, -0.25) is 10.1 Å². The minimum absolute atomic E-state index is 0.0982. The van der Waals surface area contributed by atoms with Crippen molar-refractivity contribution in [1.82, 2.24) is 20.2 Å². The van der Waals surface area contributed by atoms with Crippen molar-refractivity contribution in [2.45, 2.75) is 35.9 Å². The maximum Gasteiger partial charge on any atom is 0.433 e. The van der Waals surface area contributed by atoms with E-state index in [9.17, 15) is 18.0 Å². The number of alkyl halides is 3. The number of anilines is 1. The first-order valence-corrected chi connectivity index (χ1v) is 9.88. The van der Waals surface area contributed by atoms with Crippen LogP contribution in [0, 0.1) is 6.92 Å². The largest absolute Gasteiger partial charge is 0.433 e. The maximum atomic E-state index is 12.7. The van der Waals surface area contributed by atoms with Crippen LogP contribution in [0.5, 0.6) is 0 Å². The normalized spacial score (nSPS) is 11.6. The van der Waals surface area contributed by atoms with Gasteiger partial charge in [0.2, 0.25) is 11.0 Å². The van der Waals surface area contributed by atoms with Gasteiger partial charge in [-0.15, -0.1) is 10.2 Å². The molecule has 1 N–H and O–H groups in total. The van der Waals surface area contributed by atoms with E-state index in [0.29, 0.717) is 5.13 Å². The van der Waals surface area contributed by atoms with Gasteiger partial charge in [-0.2, -0.15) is 13.2 Å². The third-order valence-corrected chi connectivity index (χ3v) is 5.56. The molecule has 0 aromatic carbocycles. The van der Waals surface area contributed by atoms with Crippen molar-refractivity contribution < 1.29 is 18.0 Å². The third kappa shape index (κ3) is 6.44. The Labute approximate surface area is 154 Å². The number of rotatable bonds is 7. The van der Waals surface area contributed by atoms with Crippen LogP contribution in [0.4, 0.5) is 18.3 Å². The van der Waals surface area contributed by atoms with Crippen LogP contribution in [-0.4, -0.2) is 37.6 Å². The van der Waals surface area contributed by atoms with E-state index in [1.807, 2.05) is 6.92 Å². The van der Waals surface area contributed by atoms with Gasteiger partial charge >= 0.3 is 6.18 Å².